The molecule has 6 aliphatic heterocycles. The van der Waals surface area contributed by atoms with E-state index in [0.717, 1.165) is 26.2 Å². The van der Waals surface area contributed by atoms with Gasteiger partial charge in [-0.3, -0.25) is 28.8 Å². The van der Waals surface area contributed by atoms with Gasteiger partial charge in [-0.15, -0.1) is 15.3 Å². The number of carboxylic acid groups (broad SMARTS) is 1. The summed E-state index contributed by atoms with van der Waals surface area (Å²) in [5.41, 5.74) is 1.97. The van der Waals surface area contributed by atoms with Gasteiger partial charge < -0.3 is 168 Å². The van der Waals surface area contributed by atoms with Crippen molar-refractivity contribution in [1.82, 2.24) is 71.6 Å². The summed E-state index contributed by atoms with van der Waals surface area (Å²) < 4.78 is 127. The molecule has 0 unspecified atom stereocenters. The molecular formula is C78H133N15O34. The zero-order chi connectivity index (χ0) is 91.1. The maximum absolute atomic E-state index is 14.2. The monoisotopic (exact) mass is 1820 g/mol. The van der Waals surface area contributed by atoms with E-state index in [4.69, 9.17) is 115 Å². The Labute approximate surface area is 735 Å². The van der Waals surface area contributed by atoms with Crippen LogP contribution in [0.2, 0.25) is 0 Å². The minimum atomic E-state index is -1.35. The molecule has 49 nitrogen and oxygen atoms in total. The number of aliphatic hydroxyl groups excluding tert-OH is 6. The molecule has 6 fully saturated rings. The highest BCUT2D eigenvalue weighted by Gasteiger charge is 2.62. The Balaban J connectivity index is 0.00000488. The van der Waals surface area contributed by atoms with Crippen molar-refractivity contribution in [2.75, 3.05) is 211 Å². The highest BCUT2D eigenvalue weighted by Crippen LogP contribution is 2.40. The van der Waals surface area contributed by atoms with E-state index in [-0.39, 0.29) is 157 Å². The number of aliphatic carboxylic acids is 1. The van der Waals surface area contributed by atoms with E-state index < -0.39 is 120 Å². The van der Waals surface area contributed by atoms with Gasteiger partial charge in [0.15, 0.2) is 18.9 Å². The number of ether oxygens (including phenoxy) is 21. The fourth-order valence-corrected chi connectivity index (χ4v) is 14.1. The van der Waals surface area contributed by atoms with Gasteiger partial charge in [-0.1, -0.05) is 28.5 Å². The smallest absolute Gasteiger partial charge is 0.300 e. The van der Waals surface area contributed by atoms with Crippen LogP contribution in [0.5, 0.6) is 0 Å². The van der Waals surface area contributed by atoms with Gasteiger partial charge in [0.2, 0.25) is 29.5 Å². The number of rotatable bonds is 69. The fourth-order valence-electron chi connectivity index (χ4n) is 14.1. The van der Waals surface area contributed by atoms with Crippen LogP contribution >= 0.6 is 0 Å². The molecule has 0 spiro atoms. The molecule has 49 heteroatoms. The summed E-state index contributed by atoms with van der Waals surface area (Å²) in [6.45, 7) is 12.3. The first-order valence-electron chi connectivity index (χ1n) is 43.0. The average Bonchev–Trinajstić information content (AvgIpc) is 1.62. The van der Waals surface area contributed by atoms with Crippen LogP contribution in [0.15, 0.2) is 18.6 Å². The van der Waals surface area contributed by atoms with Crippen molar-refractivity contribution >= 4 is 35.5 Å². The topological polar surface area (TPSA) is 616 Å². The number of nitrogens with zero attached hydrogens (tertiary/aromatic N) is 9. The number of unbranched alkanes of at least 4 members (excludes halogenated alkanes) is 4. The first-order chi connectivity index (χ1) is 61.4. The van der Waals surface area contributed by atoms with Gasteiger partial charge in [0, 0.05) is 47.1 Å². The van der Waals surface area contributed by atoms with Crippen LogP contribution in [0.3, 0.4) is 0 Å². The zero-order valence-electron chi connectivity index (χ0n) is 72.9. The third kappa shape index (κ3) is 36.7. The molecule has 15 atom stereocenters. The Morgan fingerprint density at radius 1 is 0.409 bits per heavy atom. The van der Waals surface area contributed by atoms with Crippen LogP contribution in [0.1, 0.15) is 96.1 Å². The second-order valence-electron chi connectivity index (χ2n) is 31.2. The minimum Gasteiger partial charge on any atom is -0.481 e. The molecule has 0 saturated carbocycles. The Bertz CT molecular complexity index is 3310. The normalized spacial score (nSPS) is 25.3. The highest BCUT2D eigenvalue weighted by atomic mass is 16.8. The molecule has 127 heavy (non-hydrogen) atoms. The lowest BCUT2D eigenvalue weighted by Gasteiger charge is -2.42. The van der Waals surface area contributed by atoms with E-state index in [9.17, 15) is 54.6 Å². The molecule has 9 heterocycles. The van der Waals surface area contributed by atoms with Gasteiger partial charge in [0.05, 0.1) is 256 Å². The van der Waals surface area contributed by atoms with Gasteiger partial charge in [0.25, 0.3) is 5.97 Å². The molecule has 3 aromatic rings. The predicted molar refractivity (Wildman–Crippen MR) is 432 cm³/mol. The largest absolute Gasteiger partial charge is 0.481 e. The molecule has 9 rings (SSSR count). The van der Waals surface area contributed by atoms with Crippen LogP contribution in [0, 0.1) is 0 Å². The van der Waals surface area contributed by atoms with E-state index in [0.29, 0.717) is 155 Å². The van der Waals surface area contributed by atoms with Crippen LogP contribution in [0.4, 0.5) is 0 Å². The molecule has 6 aliphatic rings. The molecule has 0 aromatic carbocycles. The Hall–Kier alpha value is -6.88. The fraction of sp³-hybridized carbons (Fsp3) is 0.846. The van der Waals surface area contributed by atoms with Gasteiger partial charge in [-0.05, 0) is 32.2 Å². The van der Waals surface area contributed by atoms with Crippen molar-refractivity contribution in [3.05, 3.63) is 35.7 Å². The SMILES string of the molecule is CC(=O)N[C@H]1[C@H]2OC[C@](COCCOCCOCCOCCn3cc(COCC(COCc4cn(CCOCCOCCOCCOC[C@@]56CO[C@@H](O5)[C@H](NC(C)=O)[C@@H](O)[C@H]6O)nn4)(COCc4cn(CCOCCOCCOCCOC[C@@]56CO[C@@H](O5)[C@H](NC(C)=O)[C@@H](O)[C@H]6O)nn4)NC(=O)CCCCCNC(=O)CCCCCN)nn3)(O2)[C@H](O)[C@@H]1O.CC(=O)O. The molecular weight excluding hydrogens is 1690 g/mol. The highest BCUT2D eigenvalue weighted by molar-refractivity contribution is 5.77. The van der Waals surface area contributed by atoms with E-state index in [2.05, 4.69) is 57.5 Å². The lowest BCUT2D eigenvalue weighted by molar-refractivity contribution is -0.238. The Kier molecular flexibility index (Phi) is 47.7. The summed E-state index contributed by atoms with van der Waals surface area (Å²) in [5.74, 6) is -2.32. The van der Waals surface area contributed by atoms with Crippen molar-refractivity contribution in [1.29, 1.82) is 0 Å². The number of nitrogens with two attached hydrogens (primary N) is 1. The number of fused-ring (bicyclic) bond motifs is 6. The standard InChI is InChI=1S/C76H129N15O32.C2H4O2/c1-53(92)79-61-64(97)67(100)74(50-118-70(61)121-74)47-112-35-32-109-29-26-106-23-20-103-17-14-89-38-56(83-86-89)41-115-44-73(82-60(96)11-7-5-9-13-78-59(95)10-6-4-8-12-77,45-116-42-57-39-90(87-84-57)15-18-104-21-24-107-27-30-110-33-36-113-48-75-51-119-71(122-75)62(80-54(2)93)65(98)68(75)101)46-117-43-58-40-91(88-85-58)16-19-105-22-25-108-28-31-111-34-37-114-49-76-52-120-72(123-76)63(81-55(3)94)66(99)69(76)102;1-2(3)4/h38-40,61-72,97-102H,4-37,41-52,77H2,1-3H3,(H,78,95)(H,79,92)(H,80,93)(H,81,94)(H,82,96);1H3,(H,3,4)/t61-,62-,63-,64-,65-,66-,67-,68-,69-,70+,71+,72+,74+,75+,76+;/m1./s1. The molecule has 3 aromatic heterocycles. The number of carbonyl (C=O) groups is 6. The number of hydrogen-bond acceptors (Lipinski definition) is 40. The minimum absolute atomic E-state index is 0.0116. The Morgan fingerprint density at radius 2 is 0.693 bits per heavy atom. The molecule has 0 aliphatic carbocycles. The van der Waals surface area contributed by atoms with E-state index in [1.165, 1.54) is 20.8 Å². The summed E-state index contributed by atoms with van der Waals surface area (Å²) in [6.07, 6.45) is -0.552. The summed E-state index contributed by atoms with van der Waals surface area (Å²) in [6, 6.07) is -2.73. The van der Waals surface area contributed by atoms with Crippen molar-refractivity contribution < 1.29 is 164 Å². The maximum Gasteiger partial charge on any atom is 0.300 e. The van der Waals surface area contributed by atoms with Gasteiger partial charge >= 0.3 is 0 Å². The number of hydrogen-bond donors (Lipinski definition) is 13. The third-order valence-corrected chi connectivity index (χ3v) is 20.5. The number of aliphatic hydroxyl groups is 6. The third-order valence-electron chi connectivity index (χ3n) is 20.5. The Morgan fingerprint density at radius 3 is 0.992 bits per heavy atom. The predicted octanol–water partition coefficient (Wildman–Crippen LogP) is -6.19. The summed E-state index contributed by atoms with van der Waals surface area (Å²) >= 11 is 0. The average molecular weight is 1820 g/mol. The van der Waals surface area contributed by atoms with Gasteiger partial charge in [-0.2, -0.15) is 0 Å². The van der Waals surface area contributed by atoms with E-state index in [1.54, 1.807) is 32.6 Å². The maximum atomic E-state index is 14.2. The lowest BCUT2D eigenvalue weighted by Crippen LogP contribution is -2.66. The lowest BCUT2D eigenvalue weighted by atomic mass is 9.88. The van der Waals surface area contributed by atoms with E-state index in [1.807, 2.05) is 0 Å². The number of carbonyl (C=O) groups excluding carboxylic acids is 5. The number of nitrogens with one attached hydrogen (secondary N) is 5. The number of aromatic nitrogens is 9. The second-order valence-corrected chi connectivity index (χ2v) is 31.2. The van der Waals surface area contributed by atoms with Crippen molar-refractivity contribution in [3.63, 3.8) is 0 Å². The number of carboxylic acids is 1. The van der Waals surface area contributed by atoms with Gasteiger partial charge in [0.1, 0.15) is 94.2 Å². The van der Waals surface area contributed by atoms with Crippen LogP contribution in [0.25, 0.3) is 0 Å². The summed E-state index contributed by atoms with van der Waals surface area (Å²) in [4.78, 5) is 70.4. The summed E-state index contributed by atoms with van der Waals surface area (Å²) in [7, 11) is 0. The van der Waals surface area contributed by atoms with Crippen LogP contribution in [-0.4, -0.2) is 423 Å². The molecule has 6 saturated heterocycles. The molecule has 6 bridgehead atoms. The zero-order valence-corrected chi connectivity index (χ0v) is 72.9. The first-order valence-corrected chi connectivity index (χ1v) is 43.0. The molecule has 724 valence electrons. The molecule has 0 radical (unpaired) electrons. The van der Waals surface area contributed by atoms with E-state index >= 15 is 0 Å². The van der Waals surface area contributed by atoms with Crippen molar-refractivity contribution in [3.8, 4) is 0 Å². The quantitative estimate of drug-likeness (QED) is 0.0234. The molecule has 14 N–H and O–H groups in total. The first kappa shape index (κ1) is 105. The number of amides is 5. The van der Waals surface area contributed by atoms with Crippen LogP contribution < -0.4 is 32.3 Å². The van der Waals surface area contributed by atoms with Crippen molar-refractivity contribution in [2.45, 2.75) is 214 Å². The van der Waals surface area contributed by atoms with Crippen LogP contribution in [-0.2, 0) is 168 Å². The second kappa shape index (κ2) is 57.4. The van der Waals surface area contributed by atoms with Gasteiger partial charge in [-0.25, -0.2) is 14.0 Å². The van der Waals surface area contributed by atoms with Crippen molar-refractivity contribution in [2.24, 2.45) is 5.73 Å². The summed E-state index contributed by atoms with van der Waals surface area (Å²) in [5, 5.41) is 111. The molecule has 5 amide bonds.